The van der Waals surface area contributed by atoms with Crippen LogP contribution >= 0.6 is 0 Å². The molecule has 1 aliphatic heterocycles. The molecule has 0 aliphatic carbocycles. The van der Waals surface area contributed by atoms with Crippen molar-refractivity contribution in [2.75, 3.05) is 19.0 Å². The summed E-state index contributed by atoms with van der Waals surface area (Å²) in [6.45, 7) is 10.4. The number of aliphatic hydroxyl groups excluding tert-OH is 2. The Hall–Kier alpha value is -1.59. The van der Waals surface area contributed by atoms with Crippen LogP contribution in [0, 0.1) is 0 Å². The van der Waals surface area contributed by atoms with Crippen molar-refractivity contribution in [3.05, 3.63) is 12.7 Å². The Kier molecular flexibility index (Phi) is 5.30. The number of imidazole rings is 1. The normalized spacial score (nSPS) is 26.7. The van der Waals surface area contributed by atoms with E-state index in [1.807, 2.05) is 0 Å². The fourth-order valence-corrected chi connectivity index (χ4v) is 4.25. The monoisotopic (exact) mass is 395 g/mol. The molecule has 2 aromatic heterocycles. The van der Waals surface area contributed by atoms with Gasteiger partial charge in [-0.15, -0.1) is 0 Å². The van der Waals surface area contributed by atoms with E-state index in [2.05, 4.69) is 54.1 Å². The van der Waals surface area contributed by atoms with E-state index < -0.39 is 32.9 Å². The van der Waals surface area contributed by atoms with Gasteiger partial charge in [0.05, 0.1) is 12.9 Å². The third-order valence-corrected chi connectivity index (χ3v) is 10.1. The summed E-state index contributed by atoms with van der Waals surface area (Å²) in [7, 11) is -0.428. The maximum Gasteiger partial charge on any atom is 0.192 e. The standard InChI is InChI=1S/C17H29N5O4Si/c1-17(2,3)27(5,6)26-13-12(24)10(7-23)25-16(13)22-9-21-11-14(18-4)19-8-20-15(11)22/h8-10,12-13,16,23-24H,7H2,1-6H3,(H,18,19,20)/t10-,12-,13-,16-/m1/s1. The molecule has 1 aliphatic rings. The van der Waals surface area contributed by atoms with Crippen LogP contribution in [-0.2, 0) is 9.16 Å². The van der Waals surface area contributed by atoms with Crippen molar-refractivity contribution in [2.45, 2.75) is 63.4 Å². The number of ether oxygens (including phenoxy) is 1. The van der Waals surface area contributed by atoms with Crippen LogP contribution in [0.25, 0.3) is 11.2 Å². The topological polar surface area (TPSA) is 115 Å². The van der Waals surface area contributed by atoms with E-state index in [0.717, 1.165) is 0 Å². The fourth-order valence-electron chi connectivity index (χ4n) is 2.96. The molecule has 3 rings (SSSR count). The maximum atomic E-state index is 10.8. The lowest BCUT2D eigenvalue weighted by Crippen LogP contribution is -2.48. The quantitative estimate of drug-likeness (QED) is 0.653. The molecule has 0 radical (unpaired) electrons. The number of aliphatic hydroxyl groups is 2. The summed E-state index contributed by atoms with van der Waals surface area (Å²) in [5.74, 6) is 0.609. The Labute approximate surface area is 159 Å². The molecule has 0 spiro atoms. The van der Waals surface area contributed by atoms with Crippen LogP contribution in [0.1, 0.15) is 27.0 Å². The van der Waals surface area contributed by atoms with Gasteiger partial charge in [-0.25, -0.2) is 15.0 Å². The molecule has 3 N–H and O–H groups in total. The number of hydrogen-bond donors (Lipinski definition) is 3. The second kappa shape index (κ2) is 7.10. The van der Waals surface area contributed by atoms with E-state index in [-0.39, 0.29) is 11.6 Å². The predicted octanol–water partition coefficient (Wildman–Crippen LogP) is 1.51. The van der Waals surface area contributed by atoms with Gasteiger partial charge >= 0.3 is 0 Å². The molecular formula is C17H29N5O4Si. The van der Waals surface area contributed by atoms with Crippen LogP contribution in [0.2, 0.25) is 18.1 Å². The first-order valence-electron chi connectivity index (χ1n) is 9.08. The van der Waals surface area contributed by atoms with Crippen molar-refractivity contribution in [3.8, 4) is 0 Å². The van der Waals surface area contributed by atoms with E-state index in [1.165, 1.54) is 6.33 Å². The summed E-state index contributed by atoms with van der Waals surface area (Å²) in [5, 5.41) is 23.3. The Bertz CT molecular complexity index is 806. The maximum absolute atomic E-state index is 10.8. The highest BCUT2D eigenvalue weighted by molar-refractivity contribution is 6.74. The largest absolute Gasteiger partial charge is 0.407 e. The molecule has 0 unspecified atom stereocenters. The lowest BCUT2D eigenvalue weighted by molar-refractivity contribution is -0.0497. The van der Waals surface area contributed by atoms with Crippen molar-refractivity contribution >= 4 is 25.3 Å². The number of nitrogens with one attached hydrogen (secondary N) is 1. The Morgan fingerprint density at radius 2 is 2.00 bits per heavy atom. The highest BCUT2D eigenvalue weighted by Gasteiger charge is 2.50. The number of nitrogens with zero attached hydrogens (tertiary/aromatic N) is 4. The van der Waals surface area contributed by atoms with Crippen LogP contribution in [-0.4, -0.2) is 70.0 Å². The van der Waals surface area contributed by atoms with Gasteiger partial charge in [0.15, 0.2) is 26.0 Å². The number of aromatic nitrogens is 4. The zero-order valence-corrected chi connectivity index (χ0v) is 17.7. The number of hydrogen-bond acceptors (Lipinski definition) is 8. The van der Waals surface area contributed by atoms with Crippen LogP contribution in [0.15, 0.2) is 12.7 Å². The predicted molar refractivity (Wildman–Crippen MR) is 104 cm³/mol. The molecule has 27 heavy (non-hydrogen) atoms. The van der Waals surface area contributed by atoms with Crippen LogP contribution in [0.3, 0.4) is 0 Å². The fraction of sp³-hybridized carbons (Fsp3) is 0.706. The first kappa shape index (κ1) is 20.1. The average molecular weight is 396 g/mol. The van der Waals surface area contributed by atoms with Crippen LogP contribution < -0.4 is 5.32 Å². The van der Waals surface area contributed by atoms with Gasteiger partial charge in [-0.3, -0.25) is 4.57 Å². The second-order valence-electron chi connectivity index (χ2n) is 8.38. The summed E-state index contributed by atoms with van der Waals surface area (Å²) < 4.78 is 14.2. The summed E-state index contributed by atoms with van der Waals surface area (Å²) in [6.07, 6.45) is 0.110. The molecule has 2 aromatic rings. The van der Waals surface area contributed by atoms with Gasteiger partial charge in [0.1, 0.15) is 30.2 Å². The minimum absolute atomic E-state index is 0.0347. The average Bonchev–Trinajstić information content (AvgIpc) is 3.15. The molecule has 9 nitrogen and oxygen atoms in total. The highest BCUT2D eigenvalue weighted by atomic mass is 28.4. The Morgan fingerprint density at radius 3 is 2.59 bits per heavy atom. The summed E-state index contributed by atoms with van der Waals surface area (Å²) in [4.78, 5) is 12.9. The third kappa shape index (κ3) is 3.47. The molecule has 150 valence electrons. The molecule has 1 saturated heterocycles. The van der Waals surface area contributed by atoms with Crippen molar-refractivity contribution < 1.29 is 19.4 Å². The van der Waals surface area contributed by atoms with Gasteiger partial charge in [-0.05, 0) is 18.1 Å². The van der Waals surface area contributed by atoms with Gasteiger partial charge in [0, 0.05) is 7.05 Å². The smallest absolute Gasteiger partial charge is 0.192 e. The van der Waals surface area contributed by atoms with Crippen molar-refractivity contribution in [3.63, 3.8) is 0 Å². The minimum Gasteiger partial charge on any atom is -0.407 e. The molecule has 0 aromatic carbocycles. The molecule has 0 amide bonds. The molecule has 3 heterocycles. The van der Waals surface area contributed by atoms with Gasteiger partial charge in [0.25, 0.3) is 0 Å². The van der Waals surface area contributed by atoms with Crippen LogP contribution in [0.4, 0.5) is 5.82 Å². The lowest BCUT2D eigenvalue weighted by atomic mass is 10.1. The summed E-state index contributed by atoms with van der Waals surface area (Å²) >= 11 is 0. The third-order valence-electron chi connectivity index (χ3n) is 5.60. The van der Waals surface area contributed by atoms with Gasteiger partial charge in [-0.2, -0.15) is 0 Å². The van der Waals surface area contributed by atoms with E-state index in [1.54, 1.807) is 17.9 Å². The lowest BCUT2D eigenvalue weighted by Gasteiger charge is -2.40. The van der Waals surface area contributed by atoms with Gasteiger partial charge in [0.2, 0.25) is 0 Å². The first-order chi connectivity index (χ1) is 12.6. The zero-order valence-electron chi connectivity index (χ0n) is 16.7. The number of fused-ring (bicyclic) bond motifs is 1. The Balaban J connectivity index is 2.02. The number of anilines is 1. The van der Waals surface area contributed by atoms with Crippen molar-refractivity contribution in [1.82, 2.24) is 19.5 Å². The van der Waals surface area contributed by atoms with Crippen LogP contribution in [0.5, 0.6) is 0 Å². The Morgan fingerprint density at radius 1 is 1.30 bits per heavy atom. The molecule has 0 bridgehead atoms. The summed E-state index contributed by atoms with van der Waals surface area (Å²) in [6, 6.07) is 0. The molecule has 0 saturated carbocycles. The van der Waals surface area contributed by atoms with E-state index >= 15 is 0 Å². The number of rotatable bonds is 5. The zero-order chi connectivity index (χ0) is 20.0. The minimum atomic E-state index is -2.19. The molecule has 4 atom stereocenters. The second-order valence-corrected chi connectivity index (χ2v) is 13.1. The van der Waals surface area contributed by atoms with E-state index in [0.29, 0.717) is 17.0 Å². The first-order valence-corrected chi connectivity index (χ1v) is 12.0. The van der Waals surface area contributed by atoms with Gasteiger partial charge in [-0.1, -0.05) is 20.8 Å². The van der Waals surface area contributed by atoms with Gasteiger partial charge < -0.3 is 24.7 Å². The molecular weight excluding hydrogens is 366 g/mol. The summed E-state index contributed by atoms with van der Waals surface area (Å²) in [5.41, 5.74) is 1.19. The molecule has 10 heteroatoms. The van der Waals surface area contributed by atoms with E-state index in [4.69, 9.17) is 9.16 Å². The highest BCUT2D eigenvalue weighted by Crippen LogP contribution is 2.42. The molecule has 1 fully saturated rings. The SMILES string of the molecule is CNc1ncnc2c1ncn2[C@@H]1O[C@H](CO)[C@@H](O)[C@H]1O[Si](C)(C)C(C)(C)C. The van der Waals surface area contributed by atoms with E-state index in [9.17, 15) is 10.2 Å². The van der Waals surface area contributed by atoms with Crippen molar-refractivity contribution in [2.24, 2.45) is 0 Å². The van der Waals surface area contributed by atoms with Crippen molar-refractivity contribution in [1.29, 1.82) is 0 Å².